The second kappa shape index (κ2) is 7.83. The second-order valence-corrected chi connectivity index (χ2v) is 6.61. The average Bonchev–Trinajstić information content (AvgIpc) is 2.49. The summed E-state index contributed by atoms with van der Waals surface area (Å²) in [6.07, 6.45) is -3.86. The number of amides is 1. The maximum absolute atomic E-state index is 12.3. The summed E-state index contributed by atoms with van der Waals surface area (Å²) in [6, 6.07) is 2.64. The Balaban J connectivity index is 2.78. The predicted octanol–water partition coefficient (Wildman–Crippen LogP) is 2.80. The number of nitrogens with zero attached hydrogens (tertiary/aromatic N) is 1. The molecule has 0 saturated heterocycles. The lowest BCUT2D eigenvalue weighted by Gasteiger charge is -2.33. The van der Waals surface area contributed by atoms with Gasteiger partial charge in [0, 0.05) is 18.2 Å². The number of aromatic nitrogens is 1. The standard InChI is InChI=1S/C16H23F3N2O3/c1-10(2)13(22)15(3,4)8-21-14(23)12-11(6-5-7-20-12)24-9-16(17,18)19/h5-7,10,13,22H,8-9H2,1-4H3,(H,21,23). The molecule has 1 amide bonds. The van der Waals surface area contributed by atoms with Crippen LogP contribution in [0.15, 0.2) is 18.3 Å². The molecule has 0 aliphatic heterocycles. The third-order valence-corrected chi connectivity index (χ3v) is 3.51. The van der Waals surface area contributed by atoms with Crippen molar-refractivity contribution in [2.24, 2.45) is 11.3 Å². The lowest BCUT2D eigenvalue weighted by molar-refractivity contribution is -0.153. The van der Waals surface area contributed by atoms with Crippen molar-refractivity contribution in [2.45, 2.75) is 40.0 Å². The molecule has 0 bridgehead atoms. The van der Waals surface area contributed by atoms with Crippen molar-refractivity contribution in [1.29, 1.82) is 0 Å². The zero-order valence-electron chi connectivity index (χ0n) is 14.1. The first kappa shape index (κ1) is 20.2. The number of carbonyl (C=O) groups is 1. The predicted molar refractivity (Wildman–Crippen MR) is 82.7 cm³/mol. The average molecular weight is 348 g/mol. The van der Waals surface area contributed by atoms with E-state index >= 15 is 0 Å². The van der Waals surface area contributed by atoms with Crippen molar-refractivity contribution in [3.63, 3.8) is 0 Å². The van der Waals surface area contributed by atoms with Gasteiger partial charge in [-0.25, -0.2) is 4.98 Å². The smallest absolute Gasteiger partial charge is 0.422 e. The van der Waals surface area contributed by atoms with E-state index in [1.54, 1.807) is 13.8 Å². The summed E-state index contributed by atoms with van der Waals surface area (Å²) >= 11 is 0. The molecule has 1 unspecified atom stereocenters. The van der Waals surface area contributed by atoms with E-state index in [0.717, 1.165) is 0 Å². The zero-order chi connectivity index (χ0) is 18.5. The van der Waals surface area contributed by atoms with Crippen molar-refractivity contribution < 1.29 is 27.8 Å². The number of ether oxygens (including phenoxy) is 1. The largest absolute Gasteiger partial charge is 0.482 e. The maximum Gasteiger partial charge on any atom is 0.422 e. The van der Waals surface area contributed by atoms with Crippen LogP contribution in [-0.2, 0) is 0 Å². The third kappa shape index (κ3) is 5.99. The highest BCUT2D eigenvalue weighted by atomic mass is 19.4. The summed E-state index contributed by atoms with van der Waals surface area (Å²) in [7, 11) is 0. The fraction of sp³-hybridized carbons (Fsp3) is 0.625. The molecule has 136 valence electrons. The highest BCUT2D eigenvalue weighted by Gasteiger charge is 2.32. The van der Waals surface area contributed by atoms with Crippen molar-refractivity contribution >= 4 is 5.91 Å². The van der Waals surface area contributed by atoms with Gasteiger partial charge in [-0.15, -0.1) is 0 Å². The Bertz CT molecular complexity index is 560. The van der Waals surface area contributed by atoms with Crippen LogP contribution in [0.4, 0.5) is 13.2 Å². The van der Waals surface area contributed by atoms with Gasteiger partial charge >= 0.3 is 6.18 Å². The van der Waals surface area contributed by atoms with E-state index in [9.17, 15) is 23.1 Å². The van der Waals surface area contributed by atoms with Crippen molar-refractivity contribution in [3.05, 3.63) is 24.0 Å². The first-order valence-corrected chi connectivity index (χ1v) is 7.55. The lowest BCUT2D eigenvalue weighted by Crippen LogP contribution is -2.43. The van der Waals surface area contributed by atoms with Crippen molar-refractivity contribution in [2.75, 3.05) is 13.2 Å². The Kier molecular flexibility index (Phi) is 6.59. The Morgan fingerprint density at radius 2 is 2.00 bits per heavy atom. The van der Waals surface area contributed by atoms with Crippen LogP contribution in [0.25, 0.3) is 0 Å². The Morgan fingerprint density at radius 3 is 2.54 bits per heavy atom. The summed E-state index contributed by atoms with van der Waals surface area (Å²) in [4.78, 5) is 16.0. The molecule has 8 heteroatoms. The molecular weight excluding hydrogens is 325 g/mol. The number of rotatable bonds is 7. The number of carbonyl (C=O) groups excluding carboxylic acids is 1. The highest BCUT2D eigenvalue weighted by Crippen LogP contribution is 2.26. The molecule has 0 saturated carbocycles. The molecule has 1 rings (SSSR count). The third-order valence-electron chi connectivity index (χ3n) is 3.51. The van der Waals surface area contributed by atoms with Crippen LogP contribution < -0.4 is 10.1 Å². The molecule has 1 atom stereocenters. The number of hydrogen-bond acceptors (Lipinski definition) is 4. The minimum Gasteiger partial charge on any atom is -0.482 e. The van der Waals surface area contributed by atoms with Gasteiger partial charge < -0.3 is 15.2 Å². The molecule has 2 N–H and O–H groups in total. The molecule has 0 radical (unpaired) electrons. The summed E-state index contributed by atoms with van der Waals surface area (Å²) in [5.41, 5.74) is -0.831. The van der Waals surface area contributed by atoms with E-state index in [0.29, 0.717) is 0 Å². The fourth-order valence-corrected chi connectivity index (χ4v) is 2.24. The highest BCUT2D eigenvalue weighted by molar-refractivity contribution is 5.94. The Morgan fingerprint density at radius 1 is 1.38 bits per heavy atom. The van der Waals surface area contributed by atoms with Gasteiger partial charge in [-0.2, -0.15) is 13.2 Å². The van der Waals surface area contributed by atoms with Crippen LogP contribution in [0.5, 0.6) is 5.75 Å². The molecule has 1 heterocycles. The van der Waals surface area contributed by atoms with Gasteiger partial charge in [-0.1, -0.05) is 27.7 Å². The van der Waals surface area contributed by atoms with E-state index < -0.39 is 30.2 Å². The van der Waals surface area contributed by atoms with Crippen LogP contribution in [-0.4, -0.2) is 41.4 Å². The van der Waals surface area contributed by atoms with Gasteiger partial charge in [0.25, 0.3) is 5.91 Å². The van der Waals surface area contributed by atoms with Crippen LogP contribution in [0, 0.1) is 11.3 Å². The number of aliphatic hydroxyl groups excluding tert-OH is 1. The van der Waals surface area contributed by atoms with Crippen LogP contribution in [0.3, 0.4) is 0 Å². The van der Waals surface area contributed by atoms with Crippen LogP contribution >= 0.6 is 0 Å². The SMILES string of the molecule is CC(C)C(O)C(C)(C)CNC(=O)c1ncccc1OCC(F)(F)F. The van der Waals surface area contributed by atoms with Gasteiger partial charge in [0.15, 0.2) is 18.1 Å². The van der Waals surface area contributed by atoms with Crippen molar-refractivity contribution in [1.82, 2.24) is 10.3 Å². The lowest BCUT2D eigenvalue weighted by atomic mass is 9.80. The van der Waals surface area contributed by atoms with E-state index in [2.05, 4.69) is 15.0 Å². The van der Waals surface area contributed by atoms with Crippen molar-refractivity contribution in [3.8, 4) is 5.75 Å². The molecule has 1 aromatic heterocycles. The van der Waals surface area contributed by atoms with Crippen LogP contribution in [0.1, 0.15) is 38.2 Å². The minimum atomic E-state index is -4.51. The molecule has 0 spiro atoms. The van der Waals surface area contributed by atoms with Gasteiger partial charge in [-0.05, 0) is 18.1 Å². The summed E-state index contributed by atoms with van der Waals surface area (Å²) in [6.45, 7) is 5.93. The monoisotopic (exact) mass is 348 g/mol. The maximum atomic E-state index is 12.3. The number of halogens is 3. The fourth-order valence-electron chi connectivity index (χ4n) is 2.24. The van der Waals surface area contributed by atoms with Gasteiger partial charge in [0.2, 0.25) is 0 Å². The molecule has 24 heavy (non-hydrogen) atoms. The normalized spacial score (nSPS) is 13.7. The van der Waals surface area contributed by atoms with Crippen LogP contribution in [0.2, 0.25) is 0 Å². The summed E-state index contributed by atoms with van der Waals surface area (Å²) in [5.74, 6) is -0.899. The quantitative estimate of drug-likeness (QED) is 0.795. The first-order valence-electron chi connectivity index (χ1n) is 7.55. The molecule has 0 fully saturated rings. The first-order chi connectivity index (χ1) is 10.9. The Hall–Kier alpha value is -1.83. The number of nitrogens with one attached hydrogen (secondary N) is 1. The minimum absolute atomic E-state index is 0.00238. The Labute approximate surface area is 139 Å². The molecule has 1 aromatic rings. The zero-order valence-corrected chi connectivity index (χ0v) is 14.1. The summed E-state index contributed by atoms with van der Waals surface area (Å²) in [5, 5.41) is 12.7. The number of pyridine rings is 1. The topological polar surface area (TPSA) is 71.5 Å². The second-order valence-electron chi connectivity index (χ2n) is 6.61. The van der Waals surface area contributed by atoms with Gasteiger partial charge in [0.1, 0.15) is 0 Å². The van der Waals surface area contributed by atoms with Gasteiger partial charge in [-0.3, -0.25) is 4.79 Å². The summed E-state index contributed by atoms with van der Waals surface area (Å²) < 4.78 is 41.5. The van der Waals surface area contributed by atoms with Gasteiger partial charge in [0.05, 0.1) is 6.10 Å². The number of aliphatic hydroxyl groups is 1. The number of alkyl halides is 3. The molecule has 0 aliphatic rings. The van der Waals surface area contributed by atoms with E-state index in [1.807, 2.05) is 13.8 Å². The molecular formula is C16H23F3N2O3. The number of hydrogen-bond donors (Lipinski definition) is 2. The van der Waals surface area contributed by atoms with E-state index in [4.69, 9.17) is 0 Å². The van der Waals surface area contributed by atoms with E-state index in [1.165, 1.54) is 18.3 Å². The molecule has 0 aliphatic carbocycles. The molecule has 0 aromatic carbocycles. The van der Waals surface area contributed by atoms with E-state index in [-0.39, 0.29) is 23.9 Å². The molecule has 5 nitrogen and oxygen atoms in total.